The summed E-state index contributed by atoms with van der Waals surface area (Å²) in [4.78, 5) is 40.0. The van der Waals surface area contributed by atoms with E-state index in [1.165, 1.54) is 11.3 Å². The number of pyridine rings is 1. The molecule has 1 aliphatic heterocycles. The lowest BCUT2D eigenvalue weighted by Gasteiger charge is -2.69. The molecule has 4 aliphatic carbocycles. The summed E-state index contributed by atoms with van der Waals surface area (Å²) in [5.74, 6) is -1.17. The van der Waals surface area contributed by atoms with Crippen molar-refractivity contribution in [2.45, 2.75) is 90.8 Å². The average molecular weight is 911 g/mol. The summed E-state index contributed by atoms with van der Waals surface area (Å²) in [5.41, 5.74) is 10.9. The molecule has 2 atom stereocenters. The zero-order valence-electron chi connectivity index (χ0n) is 36.8. The molecule has 4 saturated carbocycles. The number of rotatable bonds is 17. The standard InChI is InChI=1S/C47H58N8O7S2/c1-31-35(22-49-55(31)30-46-25-44(2)24-45(3,26-46)28-47(27-44,29-46)62-20-18-53(16-7-15-48)19-21-64(59,60)61)33-12-13-39(51-40(33)42(57)58)54-17-14-32-8-6-9-34(36(32)23-54)41(56)52-43-50-37-10-4-5-11-38(37)63-43/h4-6,8-13,22H,7,14-21,23-30,48H2,1-3H3,(H,57,58)(H,50,52,56)(H,59,60,61). The number of aromatic carboxylic acids is 1. The van der Waals surface area contributed by atoms with Gasteiger partial charge in [-0.3, -0.25) is 24.2 Å². The van der Waals surface area contributed by atoms with E-state index in [4.69, 9.17) is 20.6 Å². The van der Waals surface area contributed by atoms with E-state index in [0.29, 0.717) is 74.4 Å². The Hall–Kier alpha value is -4.78. The van der Waals surface area contributed by atoms with E-state index in [9.17, 15) is 27.7 Å². The van der Waals surface area contributed by atoms with Gasteiger partial charge in [-0.15, -0.1) is 0 Å². The number of fused-ring (bicyclic) bond motifs is 2. The summed E-state index contributed by atoms with van der Waals surface area (Å²) in [6, 6.07) is 17.2. The second-order valence-corrected chi connectivity index (χ2v) is 22.3. The summed E-state index contributed by atoms with van der Waals surface area (Å²) in [5, 5.41) is 19.0. The number of amides is 1. The molecule has 0 radical (unpaired) electrons. The third-order valence-corrected chi connectivity index (χ3v) is 15.8. The number of carboxylic acids is 1. The van der Waals surface area contributed by atoms with Crippen LogP contribution in [-0.4, -0.2) is 105 Å². The van der Waals surface area contributed by atoms with Crippen molar-refractivity contribution in [2.75, 3.05) is 55.3 Å². The molecule has 64 heavy (non-hydrogen) atoms. The Bertz CT molecular complexity index is 2670. The molecule has 2 unspecified atom stereocenters. The highest BCUT2D eigenvalue weighted by molar-refractivity contribution is 7.85. The molecule has 5 aliphatic rings. The molecule has 0 saturated heterocycles. The largest absolute Gasteiger partial charge is 0.476 e. The number of carboxylic acid groups (broad SMARTS) is 1. The molecule has 4 bridgehead atoms. The number of carbonyl (C=O) groups is 2. The van der Waals surface area contributed by atoms with E-state index >= 15 is 0 Å². The van der Waals surface area contributed by atoms with Crippen LogP contribution in [0.1, 0.15) is 96.5 Å². The molecule has 5 aromatic rings. The van der Waals surface area contributed by atoms with Crippen molar-refractivity contribution in [3.05, 3.63) is 88.9 Å². The minimum absolute atomic E-state index is 0.0490. The number of aromatic nitrogens is 4. The van der Waals surface area contributed by atoms with Gasteiger partial charge in [-0.2, -0.15) is 13.5 Å². The zero-order chi connectivity index (χ0) is 45.1. The number of nitrogens with two attached hydrogens (primary N) is 1. The minimum atomic E-state index is -4.09. The molecular weight excluding hydrogens is 853 g/mol. The zero-order valence-corrected chi connectivity index (χ0v) is 38.4. The van der Waals surface area contributed by atoms with Gasteiger partial charge in [0.1, 0.15) is 5.82 Å². The van der Waals surface area contributed by atoms with Gasteiger partial charge in [0.05, 0.1) is 34.4 Å². The van der Waals surface area contributed by atoms with E-state index < -0.39 is 16.1 Å². The van der Waals surface area contributed by atoms with Crippen LogP contribution >= 0.6 is 11.3 Å². The molecule has 340 valence electrons. The highest BCUT2D eigenvalue weighted by atomic mass is 32.2. The van der Waals surface area contributed by atoms with Crippen LogP contribution in [0, 0.1) is 23.2 Å². The maximum Gasteiger partial charge on any atom is 0.355 e. The molecule has 2 aromatic carbocycles. The quantitative estimate of drug-likeness (QED) is 0.0691. The van der Waals surface area contributed by atoms with Crippen molar-refractivity contribution in [3.8, 4) is 11.1 Å². The Balaban J connectivity index is 0.920. The first-order valence-corrected chi connectivity index (χ1v) is 24.7. The lowest BCUT2D eigenvalue weighted by Crippen LogP contribution is -2.64. The topological polar surface area (TPSA) is 206 Å². The number of nitrogens with zero attached hydrogens (tertiary/aromatic N) is 6. The van der Waals surface area contributed by atoms with E-state index in [0.717, 1.165) is 77.5 Å². The molecule has 4 heterocycles. The van der Waals surface area contributed by atoms with Crippen molar-refractivity contribution in [1.82, 2.24) is 24.6 Å². The van der Waals surface area contributed by atoms with Crippen LogP contribution in [0.15, 0.2) is 60.8 Å². The first kappa shape index (κ1) is 44.4. The SMILES string of the molecule is Cc1c(-c2ccc(N3CCc4cccc(C(=O)Nc5nc6ccccc6s5)c4C3)nc2C(=O)O)cnn1CC12CC3(C)CC(C)(C1)CC(OCCN(CCCN)CCS(=O)(=O)O)(C3)C2. The molecule has 4 fully saturated rings. The first-order valence-electron chi connectivity index (χ1n) is 22.3. The van der Waals surface area contributed by atoms with Crippen LogP contribution in [-0.2, 0) is 34.4 Å². The van der Waals surface area contributed by atoms with Crippen LogP contribution in [0.5, 0.6) is 0 Å². The molecule has 0 spiro atoms. The number of para-hydroxylation sites is 1. The van der Waals surface area contributed by atoms with Crippen molar-refractivity contribution < 1.29 is 32.4 Å². The average Bonchev–Trinajstić information content (AvgIpc) is 3.80. The Kier molecular flexibility index (Phi) is 11.7. The smallest absolute Gasteiger partial charge is 0.355 e. The number of hydrogen-bond donors (Lipinski definition) is 4. The fraction of sp³-hybridized carbons (Fsp3) is 0.511. The van der Waals surface area contributed by atoms with Crippen LogP contribution in [0.2, 0.25) is 0 Å². The Morgan fingerprint density at radius 3 is 2.47 bits per heavy atom. The van der Waals surface area contributed by atoms with E-state index in [-0.39, 0.29) is 45.7 Å². The number of nitrogens with one attached hydrogen (secondary N) is 1. The molecule has 17 heteroatoms. The lowest BCUT2D eigenvalue weighted by atomic mass is 9.39. The molecule has 1 amide bonds. The van der Waals surface area contributed by atoms with E-state index in [1.54, 1.807) is 6.20 Å². The minimum Gasteiger partial charge on any atom is -0.476 e. The molecule has 10 rings (SSSR count). The fourth-order valence-corrected chi connectivity index (χ4v) is 14.1. The summed E-state index contributed by atoms with van der Waals surface area (Å²) < 4.78 is 42.5. The normalized spacial score (nSPS) is 25.0. The van der Waals surface area contributed by atoms with Crippen LogP contribution in [0.3, 0.4) is 0 Å². The first-order chi connectivity index (χ1) is 30.5. The van der Waals surface area contributed by atoms with Gasteiger partial charge in [-0.25, -0.2) is 14.8 Å². The number of carbonyl (C=O) groups excluding carboxylic acids is 1. The summed E-state index contributed by atoms with van der Waals surface area (Å²) >= 11 is 1.43. The van der Waals surface area contributed by atoms with E-state index in [1.807, 2.05) is 71.3 Å². The van der Waals surface area contributed by atoms with Gasteiger partial charge in [0.2, 0.25) is 0 Å². The van der Waals surface area contributed by atoms with Gasteiger partial charge in [0.25, 0.3) is 16.0 Å². The summed E-state index contributed by atoms with van der Waals surface area (Å²) in [6.07, 6.45) is 9.21. The van der Waals surface area contributed by atoms with Crippen molar-refractivity contribution >= 4 is 54.5 Å². The van der Waals surface area contributed by atoms with Gasteiger partial charge >= 0.3 is 5.97 Å². The van der Waals surface area contributed by atoms with Crippen LogP contribution in [0.25, 0.3) is 21.3 Å². The van der Waals surface area contributed by atoms with Gasteiger partial charge in [-0.1, -0.05) is 49.4 Å². The highest BCUT2D eigenvalue weighted by Gasteiger charge is 2.66. The van der Waals surface area contributed by atoms with Crippen molar-refractivity contribution in [1.29, 1.82) is 0 Å². The number of benzene rings is 2. The van der Waals surface area contributed by atoms with Gasteiger partial charge in [0, 0.05) is 55.1 Å². The second-order valence-electron chi connectivity index (χ2n) is 19.7. The number of hydrogen-bond acceptors (Lipinski definition) is 12. The van der Waals surface area contributed by atoms with Crippen LogP contribution < -0.4 is 16.0 Å². The maximum atomic E-state index is 13.7. The van der Waals surface area contributed by atoms with Gasteiger partial charge < -0.3 is 20.5 Å². The Morgan fingerprint density at radius 2 is 1.73 bits per heavy atom. The maximum absolute atomic E-state index is 13.7. The summed E-state index contributed by atoms with van der Waals surface area (Å²) in [7, 11) is -4.09. The summed E-state index contributed by atoms with van der Waals surface area (Å²) in [6.45, 7) is 10.8. The third-order valence-electron chi connectivity index (χ3n) is 14.1. The predicted molar refractivity (Wildman–Crippen MR) is 247 cm³/mol. The van der Waals surface area contributed by atoms with Crippen molar-refractivity contribution in [3.63, 3.8) is 0 Å². The Morgan fingerprint density at radius 1 is 0.953 bits per heavy atom. The van der Waals surface area contributed by atoms with Crippen LogP contribution in [0.4, 0.5) is 10.9 Å². The number of ether oxygens (including phenoxy) is 1. The predicted octanol–water partition coefficient (Wildman–Crippen LogP) is 7.05. The number of anilines is 2. The molecular formula is C47H58N8O7S2. The molecule has 15 nitrogen and oxygen atoms in total. The molecule has 5 N–H and O–H groups in total. The Labute approximate surface area is 378 Å². The van der Waals surface area contributed by atoms with E-state index in [2.05, 4.69) is 28.8 Å². The second kappa shape index (κ2) is 16.9. The molecule has 3 aromatic heterocycles. The monoisotopic (exact) mass is 910 g/mol. The number of thiazole rings is 1. The third kappa shape index (κ3) is 9.07. The lowest BCUT2D eigenvalue weighted by molar-refractivity contribution is -0.248. The van der Waals surface area contributed by atoms with Gasteiger partial charge in [0.15, 0.2) is 10.8 Å². The van der Waals surface area contributed by atoms with Crippen molar-refractivity contribution in [2.24, 2.45) is 22.0 Å². The fourth-order valence-electron chi connectivity index (χ4n) is 12.7. The highest BCUT2D eigenvalue weighted by Crippen LogP contribution is 2.72. The van der Waals surface area contributed by atoms with Gasteiger partial charge in [-0.05, 0) is 129 Å².